The minimum atomic E-state index is -1.40. The van der Waals surface area contributed by atoms with Crippen molar-refractivity contribution in [2.24, 2.45) is 0 Å². The molecule has 86 valence electrons. The molecule has 1 aliphatic heterocycles. The molecule has 0 aromatic heterocycles. The molecular weight excluding hydrogens is 196 g/mol. The zero-order chi connectivity index (χ0) is 11.6. The molecular formula is C10H18N2O3. The molecule has 0 spiro atoms. The number of aliphatic hydroxyl groups is 1. The van der Waals surface area contributed by atoms with Gasteiger partial charge in [-0.1, -0.05) is 0 Å². The first-order chi connectivity index (χ1) is 6.87. The third kappa shape index (κ3) is 2.47. The Balaban J connectivity index is 2.76. The number of β-amino-alcohol motifs (C(OH)–C–C–N with tert-alkyl or cyclic N) is 1. The van der Waals surface area contributed by atoms with Crippen molar-refractivity contribution in [3.63, 3.8) is 0 Å². The van der Waals surface area contributed by atoms with Crippen LogP contribution in [0.2, 0.25) is 0 Å². The summed E-state index contributed by atoms with van der Waals surface area (Å²) < 4.78 is 0. The fraction of sp³-hybridized carbons (Fsp3) is 0.800. The van der Waals surface area contributed by atoms with Crippen LogP contribution in [0, 0.1) is 0 Å². The summed E-state index contributed by atoms with van der Waals surface area (Å²) in [6.45, 7) is 2.18. The van der Waals surface area contributed by atoms with Crippen LogP contribution in [0.4, 0.5) is 0 Å². The van der Waals surface area contributed by atoms with E-state index in [9.17, 15) is 14.7 Å². The van der Waals surface area contributed by atoms with E-state index in [0.717, 1.165) is 0 Å². The molecule has 1 fully saturated rings. The Morgan fingerprint density at radius 1 is 1.40 bits per heavy atom. The van der Waals surface area contributed by atoms with Crippen molar-refractivity contribution in [2.75, 3.05) is 27.2 Å². The summed E-state index contributed by atoms with van der Waals surface area (Å²) in [5, 5.41) is 10.1. The maximum absolute atomic E-state index is 11.7. The van der Waals surface area contributed by atoms with Crippen molar-refractivity contribution in [2.45, 2.75) is 25.4 Å². The Labute approximate surface area is 89.7 Å². The van der Waals surface area contributed by atoms with E-state index in [1.165, 1.54) is 16.7 Å². The van der Waals surface area contributed by atoms with Crippen molar-refractivity contribution in [3.05, 3.63) is 0 Å². The topological polar surface area (TPSA) is 60.9 Å². The minimum absolute atomic E-state index is 0.0975. The lowest BCUT2D eigenvalue weighted by molar-refractivity contribution is -0.157. The highest BCUT2D eigenvalue weighted by Crippen LogP contribution is 2.22. The van der Waals surface area contributed by atoms with Gasteiger partial charge in [-0.05, 0) is 12.8 Å². The molecule has 2 amide bonds. The fourth-order valence-corrected chi connectivity index (χ4v) is 1.90. The van der Waals surface area contributed by atoms with Gasteiger partial charge in [0.25, 0.3) is 5.91 Å². The maximum Gasteiger partial charge on any atom is 0.255 e. The van der Waals surface area contributed by atoms with Gasteiger partial charge in [0.1, 0.15) is 0 Å². The number of nitrogens with zero attached hydrogens (tertiary/aromatic N) is 2. The first-order valence-corrected chi connectivity index (χ1v) is 5.06. The van der Waals surface area contributed by atoms with Crippen molar-refractivity contribution in [1.82, 2.24) is 9.80 Å². The van der Waals surface area contributed by atoms with Gasteiger partial charge in [0, 0.05) is 27.6 Å². The number of rotatable bonds is 1. The average Bonchev–Trinajstić information content (AvgIpc) is 2.16. The number of likely N-dealkylation sites (tertiary alicyclic amines) is 1. The van der Waals surface area contributed by atoms with Crippen molar-refractivity contribution < 1.29 is 14.7 Å². The van der Waals surface area contributed by atoms with Gasteiger partial charge in [0.2, 0.25) is 5.91 Å². The molecule has 0 radical (unpaired) electrons. The molecule has 0 aromatic carbocycles. The summed E-state index contributed by atoms with van der Waals surface area (Å²) in [4.78, 5) is 25.8. The van der Waals surface area contributed by atoms with Crippen LogP contribution in [-0.2, 0) is 9.59 Å². The van der Waals surface area contributed by atoms with Gasteiger partial charge in [0.15, 0.2) is 5.60 Å². The summed E-state index contributed by atoms with van der Waals surface area (Å²) >= 11 is 0. The van der Waals surface area contributed by atoms with E-state index in [2.05, 4.69) is 0 Å². The molecule has 1 heterocycles. The van der Waals surface area contributed by atoms with Crippen LogP contribution < -0.4 is 0 Å². The number of likely N-dealkylation sites (N-methyl/N-ethyl adjacent to an activating group) is 1. The first-order valence-electron chi connectivity index (χ1n) is 5.06. The second kappa shape index (κ2) is 4.18. The Hall–Kier alpha value is -1.10. The summed E-state index contributed by atoms with van der Waals surface area (Å²) in [6.07, 6.45) is 1.09. The van der Waals surface area contributed by atoms with E-state index in [1.807, 2.05) is 0 Å². The first kappa shape index (κ1) is 12.0. The van der Waals surface area contributed by atoms with E-state index in [0.29, 0.717) is 19.4 Å². The molecule has 1 aliphatic rings. The summed E-state index contributed by atoms with van der Waals surface area (Å²) in [6, 6.07) is 0. The summed E-state index contributed by atoms with van der Waals surface area (Å²) in [5.74, 6) is -0.423. The van der Waals surface area contributed by atoms with Gasteiger partial charge >= 0.3 is 0 Å². The zero-order valence-corrected chi connectivity index (χ0v) is 9.49. The van der Waals surface area contributed by atoms with Crippen LogP contribution in [0.15, 0.2) is 0 Å². The van der Waals surface area contributed by atoms with Gasteiger partial charge in [-0.25, -0.2) is 0 Å². The van der Waals surface area contributed by atoms with Gasteiger partial charge < -0.3 is 14.9 Å². The normalized spacial score (nSPS) is 26.3. The molecule has 5 heteroatoms. The minimum Gasteiger partial charge on any atom is -0.378 e. The van der Waals surface area contributed by atoms with Crippen LogP contribution in [0.1, 0.15) is 19.8 Å². The molecule has 1 saturated heterocycles. The lowest BCUT2D eigenvalue weighted by Gasteiger charge is -2.38. The number of hydrogen-bond acceptors (Lipinski definition) is 3. The molecule has 0 aliphatic carbocycles. The van der Waals surface area contributed by atoms with Crippen LogP contribution in [0.3, 0.4) is 0 Å². The SMILES string of the molecule is CC(=O)N1CCCC(O)(C(=O)N(C)C)C1. The Morgan fingerprint density at radius 2 is 2.00 bits per heavy atom. The van der Waals surface area contributed by atoms with Crippen molar-refractivity contribution in [3.8, 4) is 0 Å². The summed E-state index contributed by atoms with van der Waals surface area (Å²) in [7, 11) is 3.21. The molecule has 0 saturated carbocycles. The van der Waals surface area contributed by atoms with Crippen molar-refractivity contribution in [1.29, 1.82) is 0 Å². The van der Waals surface area contributed by atoms with Crippen LogP contribution in [-0.4, -0.2) is 59.5 Å². The Kier molecular flexibility index (Phi) is 3.34. The zero-order valence-electron chi connectivity index (χ0n) is 9.49. The standard InChI is InChI=1S/C10H18N2O3/c1-8(13)12-6-4-5-10(15,7-12)9(14)11(2)3/h15H,4-7H2,1-3H3. The van der Waals surface area contributed by atoms with Crippen LogP contribution >= 0.6 is 0 Å². The average molecular weight is 214 g/mol. The second-order valence-electron chi connectivity index (χ2n) is 4.28. The van der Waals surface area contributed by atoms with E-state index in [1.54, 1.807) is 14.1 Å². The van der Waals surface area contributed by atoms with Crippen molar-refractivity contribution >= 4 is 11.8 Å². The smallest absolute Gasteiger partial charge is 0.255 e. The fourth-order valence-electron chi connectivity index (χ4n) is 1.90. The number of amides is 2. The summed E-state index contributed by atoms with van der Waals surface area (Å²) in [5.41, 5.74) is -1.40. The quantitative estimate of drug-likeness (QED) is 0.637. The largest absolute Gasteiger partial charge is 0.378 e. The second-order valence-corrected chi connectivity index (χ2v) is 4.28. The van der Waals surface area contributed by atoms with Crippen LogP contribution in [0.25, 0.3) is 0 Å². The molecule has 1 N–H and O–H groups in total. The van der Waals surface area contributed by atoms with Gasteiger partial charge in [0.05, 0.1) is 6.54 Å². The lowest BCUT2D eigenvalue weighted by atomic mass is 9.91. The lowest BCUT2D eigenvalue weighted by Crippen LogP contribution is -2.57. The molecule has 0 aromatic rings. The predicted molar refractivity (Wildman–Crippen MR) is 55.1 cm³/mol. The van der Waals surface area contributed by atoms with Gasteiger partial charge in [-0.15, -0.1) is 0 Å². The number of piperidine rings is 1. The molecule has 15 heavy (non-hydrogen) atoms. The molecule has 1 atom stereocenters. The number of hydrogen-bond donors (Lipinski definition) is 1. The van der Waals surface area contributed by atoms with Gasteiger partial charge in [-0.3, -0.25) is 9.59 Å². The van der Waals surface area contributed by atoms with E-state index in [-0.39, 0.29) is 18.4 Å². The molecule has 5 nitrogen and oxygen atoms in total. The van der Waals surface area contributed by atoms with E-state index in [4.69, 9.17) is 0 Å². The third-order valence-electron chi connectivity index (χ3n) is 2.72. The Bertz CT molecular complexity index is 278. The highest BCUT2D eigenvalue weighted by atomic mass is 16.3. The van der Waals surface area contributed by atoms with E-state index < -0.39 is 5.60 Å². The predicted octanol–water partition coefficient (Wildman–Crippen LogP) is -0.552. The monoisotopic (exact) mass is 214 g/mol. The maximum atomic E-state index is 11.7. The van der Waals surface area contributed by atoms with Gasteiger partial charge in [-0.2, -0.15) is 0 Å². The van der Waals surface area contributed by atoms with E-state index >= 15 is 0 Å². The number of carbonyl (C=O) groups is 2. The highest BCUT2D eigenvalue weighted by Gasteiger charge is 2.41. The Morgan fingerprint density at radius 3 is 2.47 bits per heavy atom. The molecule has 1 rings (SSSR count). The number of carbonyl (C=O) groups excluding carboxylic acids is 2. The van der Waals surface area contributed by atoms with Crippen LogP contribution in [0.5, 0.6) is 0 Å². The molecule has 0 bridgehead atoms. The molecule has 1 unspecified atom stereocenters. The highest BCUT2D eigenvalue weighted by molar-refractivity contribution is 5.86. The third-order valence-corrected chi connectivity index (χ3v) is 2.72.